The Labute approximate surface area is 141 Å². The molecule has 24 heavy (non-hydrogen) atoms. The number of benzene rings is 2. The molecule has 0 aliphatic heterocycles. The second-order valence-corrected chi connectivity index (χ2v) is 5.54. The molecule has 0 fully saturated rings. The summed E-state index contributed by atoms with van der Waals surface area (Å²) in [6.07, 6.45) is 0.486. The van der Waals surface area contributed by atoms with Gasteiger partial charge < -0.3 is 9.84 Å². The highest BCUT2D eigenvalue weighted by molar-refractivity contribution is 5.69. The van der Waals surface area contributed by atoms with Crippen LogP contribution in [0.5, 0.6) is 5.75 Å². The van der Waals surface area contributed by atoms with Crippen molar-refractivity contribution in [1.82, 2.24) is 4.90 Å². The SMILES string of the molecule is [C-]#[N+]c1ccc(OC(CCN(C)CC(=O)O)c2ccccc2)cc1. The molecule has 124 valence electrons. The zero-order valence-corrected chi connectivity index (χ0v) is 13.6. The van der Waals surface area contributed by atoms with Crippen molar-refractivity contribution in [3.8, 4) is 5.75 Å². The number of carbonyl (C=O) groups is 1. The Bertz CT molecular complexity index is 693. The van der Waals surface area contributed by atoms with Crippen LogP contribution in [0.25, 0.3) is 4.85 Å². The van der Waals surface area contributed by atoms with Crippen LogP contribution >= 0.6 is 0 Å². The highest BCUT2D eigenvalue weighted by atomic mass is 16.5. The number of aliphatic carboxylic acids is 1. The minimum atomic E-state index is -0.843. The lowest BCUT2D eigenvalue weighted by atomic mass is 10.1. The monoisotopic (exact) mass is 324 g/mol. The molecule has 0 bridgehead atoms. The summed E-state index contributed by atoms with van der Waals surface area (Å²) in [4.78, 5) is 15.9. The average molecular weight is 324 g/mol. The van der Waals surface area contributed by atoms with Crippen molar-refractivity contribution in [3.05, 3.63) is 71.6 Å². The lowest BCUT2D eigenvalue weighted by Crippen LogP contribution is -2.28. The van der Waals surface area contributed by atoms with E-state index in [1.165, 1.54) is 0 Å². The van der Waals surface area contributed by atoms with Crippen LogP contribution in [0.3, 0.4) is 0 Å². The lowest BCUT2D eigenvalue weighted by molar-refractivity contribution is -0.138. The molecule has 0 spiro atoms. The van der Waals surface area contributed by atoms with E-state index in [4.69, 9.17) is 16.4 Å². The maximum Gasteiger partial charge on any atom is 0.317 e. The van der Waals surface area contributed by atoms with Gasteiger partial charge in [-0.1, -0.05) is 42.5 Å². The summed E-state index contributed by atoms with van der Waals surface area (Å²) in [7, 11) is 1.78. The van der Waals surface area contributed by atoms with Gasteiger partial charge in [0, 0.05) is 13.0 Å². The van der Waals surface area contributed by atoms with Crippen LogP contribution in [0.4, 0.5) is 5.69 Å². The molecule has 0 radical (unpaired) electrons. The molecule has 0 saturated carbocycles. The van der Waals surface area contributed by atoms with Gasteiger partial charge in [0.15, 0.2) is 5.69 Å². The summed E-state index contributed by atoms with van der Waals surface area (Å²) in [5.41, 5.74) is 1.61. The molecule has 1 atom stereocenters. The van der Waals surface area contributed by atoms with E-state index in [2.05, 4.69) is 4.85 Å². The fourth-order valence-corrected chi connectivity index (χ4v) is 2.37. The number of nitrogens with zero attached hydrogens (tertiary/aromatic N) is 2. The summed E-state index contributed by atoms with van der Waals surface area (Å²) in [6, 6.07) is 16.9. The molecule has 5 nitrogen and oxygen atoms in total. The molecule has 1 unspecified atom stereocenters. The minimum Gasteiger partial charge on any atom is -0.486 e. The molecule has 5 heteroatoms. The first-order chi connectivity index (χ1) is 11.6. The van der Waals surface area contributed by atoms with Gasteiger partial charge in [-0.15, -0.1) is 0 Å². The van der Waals surface area contributed by atoms with Crippen LogP contribution in [0, 0.1) is 6.57 Å². The summed E-state index contributed by atoms with van der Waals surface area (Å²) in [6.45, 7) is 7.59. The molecule has 0 saturated heterocycles. The van der Waals surface area contributed by atoms with Crippen molar-refractivity contribution in [2.45, 2.75) is 12.5 Å². The van der Waals surface area contributed by atoms with E-state index in [0.29, 0.717) is 24.4 Å². The third-order valence-corrected chi connectivity index (χ3v) is 3.59. The molecule has 2 aromatic carbocycles. The number of carboxylic acids is 1. The van der Waals surface area contributed by atoms with Gasteiger partial charge in [-0.25, -0.2) is 4.85 Å². The summed E-state index contributed by atoms with van der Waals surface area (Å²) in [5.74, 6) is -0.151. The Hall–Kier alpha value is -2.84. The quantitative estimate of drug-likeness (QED) is 0.751. The number of likely N-dealkylation sites (N-methyl/N-ethyl adjacent to an activating group) is 1. The fraction of sp³-hybridized carbons (Fsp3) is 0.263. The lowest BCUT2D eigenvalue weighted by Gasteiger charge is -2.22. The number of hydrogen-bond donors (Lipinski definition) is 1. The van der Waals surface area contributed by atoms with E-state index in [9.17, 15) is 4.79 Å². The van der Waals surface area contributed by atoms with Crippen LogP contribution in [0.1, 0.15) is 18.1 Å². The van der Waals surface area contributed by atoms with Gasteiger partial charge in [-0.3, -0.25) is 9.69 Å². The number of hydrogen-bond acceptors (Lipinski definition) is 3. The van der Waals surface area contributed by atoms with Gasteiger partial charge in [0.2, 0.25) is 0 Å². The highest BCUT2D eigenvalue weighted by Gasteiger charge is 2.15. The third kappa shape index (κ3) is 5.41. The normalized spacial score (nSPS) is 11.7. The molecule has 1 N–H and O–H groups in total. The molecule has 2 rings (SSSR count). The van der Waals surface area contributed by atoms with Gasteiger partial charge in [-0.05, 0) is 24.7 Å². The van der Waals surface area contributed by atoms with Crippen molar-refractivity contribution in [1.29, 1.82) is 0 Å². The summed E-state index contributed by atoms with van der Waals surface area (Å²) in [5, 5.41) is 8.85. The molecule has 2 aromatic rings. The smallest absolute Gasteiger partial charge is 0.317 e. The van der Waals surface area contributed by atoms with Crippen LogP contribution in [-0.4, -0.2) is 36.1 Å². The molecular weight excluding hydrogens is 304 g/mol. The number of ether oxygens (including phenoxy) is 1. The average Bonchev–Trinajstić information content (AvgIpc) is 2.59. The first-order valence-electron chi connectivity index (χ1n) is 7.68. The minimum absolute atomic E-state index is 0.00120. The predicted octanol–water partition coefficient (Wildman–Crippen LogP) is 3.76. The Morgan fingerprint density at radius 1 is 1.21 bits per heavy atom. The fourth-order valence-electron chi connectivity index (χ4n) is 2.37. The van der Waals surface area contributed by atoms with Crippen LogP contribution in [0.2, 0.25) is 0 Å². The molecule has 0 aliphatic carbocycles. The van der Waals surface area contributed by atoms with Crippen molar-refractivity contribution < 1.29 is 14.6 Å². The Balaban J connectivity index is 2.08. The zero-order chi connectivity index (χ0) is 17.4. The van der Waals surface area contributed by atoms with Crippen molar-refractivity contribution >= 4 is 11.7 Å². The van der Waals surface area contributed by atoms with Gasteiger partial charge in [0.25, 0.3) is 0 Å². The van der Waals surface area contributed by atoms with Crippen molar-refractivity contribution in [3.63, 3.8) is 0 Å². The number of rotatable bonds is 8. The van der Waals surface area contributed by atoms with Gasteiger partial charge >= 0.3 is 5.97 Å². The van der Waals surface area contributed by atoms with Gasteiger partial charge in [0.05, 0.1) is 13.1 Å². The second kappa shape index (κ2) is 8.70. The topological polar surface area (TPSA) is 54.1 Å². The van der Waals surface area contributed by atoms with Gasteiger partial charge in [-0.2, -0.15) is 0 Å². The van der Waals surface area contributed by atoms with Crippen LogP contribution in [-0.2, 0) is 4.79 Å². The van der Waals surface area contributed by atoms with Crippen molar-refractivity contribution in [2.75, 3.05) is 20.1 Å². The first kappa shape index (κ1) is 17.5. The Morgan fingerprint density at radius 2 is 1.88 bits per heavy atom. The largest absolute Gasteiger partial charge is 0.486 e. The van der Waals surface area contributed by atoms with E-state index in [0.717, 1.165) is 5.56 Å². The highest BCUT2D eigenvalue weighted by Crippen LogP contribution is 2.26. The first-order valence-corrected chi connectivity index (χ1v) is 7.68. The van der Waals surface area contributed by atoms with E-state index in [-0.39, 0.29) is 12.6 Å². The molecule has 0 aliphatic rings. The van der Waals surface area contributed by atoms with E-state index < -0.39 is 5.97 Å². The van der Waals surface area contributed by atoms with Crippen LogP contribution < -0.4 is 4.74 Å². The van der Waals surface area contributed by atoms with E-state index in [1.807, 2.05) is 30.3 Å². The second-order valence-electron chi connectivity index (χ2n) is 5.54. The summed E-state index contributed by atoms with van der Waals surface area (Å²) >= 11 is 0. The maximum atomic E-state index is 10.8. The van der Waals surface area contributed by atoms with Gasteiger partial charge in [0.1, 0.15) is 11.9 Å². The molecule has 0 amide bonds. The molecular formula is C19H20N2O3. The Morgan fingerprint density at radius 3 is 2.46 bits per heavy atom. The third-order valence-electron chi connectivity index (χ3n) is 3.59. The standard InChI is InChI=1S/C19H20N2O3/c1-20-16-8-10-17(11-9-16)24-18(15-6-4-3-5-7-15)12-13-21(2)14-19(22)23/h3-11,18H,12-14H2,2H3,(H,22,23). The van der Waals surface area contributed by atoms with Crippen molar-refractivity contribution in [2.24, 2.45) is 0 Å². The zero-order valence-electron chi connectivity index (χ0n) is 13.6. The van der Waals surface area contributed by atoms with E-state index in [1.54, 1.807) is 36.2 Å². The van der Waals surface area contributed by atoms with Crippen LogP contribution in [0.15, 0.2) is 54.6 Å². The Kier molecular flexibility index (Phi) is 6.35. The van der Waals surface area contributed by atoms with E-state index >= 15 is 0 Å². The molecule has 0 heterocycles. The maximum absolute atomic E-state index is 10.8. The summed E-state index contributed by atoms with van der Waals surface area (Å²) < 4.78 is 6.08. The molecule has 0 aromatic heterocycles. The number of carboxylic acid groups (broad SMARTS) is 1. The predicted molar refractivity (Wildman–Crippen MR) is 92.3 cm³/mol.